The Morgan fingerprint density at radius 2 is 1.59 bits per heavy atom. The second kappa shape index (κ2) is 10.7. The maximum absolute atomic E-state index is 13.3. The lowest BCUT2D eigenvalue weighted by Crippen LogP contribution is -2.29. The largest absolute Gasteiger partial charge is 0.507 e. The van der Waals surface area contributed by atoms with Gasteiger partial charge in [-0.2, -0.15) is 0 Å². The minimum Gasteiger partial charge on any atom is -0.507 e. The summed E-state index contributed by atoms with van der Waals surface area (Å²) in [7, 11) is 0. The summed E-state index contributed by atoms with van der Waals surface area (Å²) >= 11 is 0. The van der Waals surface area contributed by atoms with Crippen molar-refractivity contribution in [3.63, 3.8) is 0 Å². The molecule has 2 N–H and O–H groups in total. The smallest absolute Gasteiger partial charge is 0.300 e. The Balaban J connectivity index is 1.82. The maximum atomic E-state index is 13.3. The number of hydrogen-bond acceptors (Lipinski definition) is 5. The molecular weight excluding hydrogens is 468 g/mol. The number of Topliss-reactive ketones (excluding diaryl/α,β-unsaturated/α-hetero) is 1. The topological polar surface area (TPSA) is 95.9 Å². The lowest BCUT2D eigenvalue weighted by Gasteiger charge is -2.26. The summed E-state index contributed by atoms with van der Waals surface area (Å²) in [5.74, 6) is -1.34. The molecule has 190 valence electrons. The Bertz CT molecular complexity index is 1340. The van der Waals surface area contributed by atoms with Crippen LogP contribution in [0, 0.1) is 0 Å². The Morgan fingerprint density at radius 1 is 0.973 bits per heavy atom. The van der Waals surface area contributed by atoms with Crippen molar-refractivity contribution in [3.8, 4) is 5.75 Å². The van der Waals surface area contributed by atoms with Crippen LogP contribution in [0.1, 0.15) is 50.4 Å². The number of aliphatic hydroxyl groups excluding tert-OH is 1. The summed E-state index contributed by atoms with van der Waals surface area (Å²) < 4.78 is 5.68. The summed E-state index contributed by atoms with van der Waals surface area (Å²) in [6.45, 7) is 7.29. The van der Waals surface area contributed by atoms with E-state index < -0.39 is 17.7 Å². The molecule has 1 aliphatic rings. The molecule has 7 heteroatoms. The molecule has 2 amide bonds. The first-order valence-electron chi connectivity index (χ1n) is 12.2. The van der Waals surface area contributed by atoms with Crippen LogP contribution in [-0.4, -0.2) is 28.8 Å². The molecule has 1 saturated heterocycles. The van der Waals surface area contributed by atoms with Gasteiger partial charge in [-0.1, -0.05) is 31.2 Å². The first kappa shape index (κ1) is 25.7. The lowest BCUT2D eigenvalue weighted by atomic mass is 9.94. The highest BCUT2D eigenvalue weighted by atomic mass is 16.5. The maximum Gasteiger partial charge on any atom is 0.300 e. The number of carbonyl (C=O) groups excluding carboxylic acids is 3. The van der Waals surface area contributed by atoms with Crippen LogP contribution in [0.15, 0.2) is 78.4 Å². The van der Waals surface area contributed by atoms with Gasteiger partial charge >= 0.3 is 0 Å². The Morgan fingerprint density at radius 3 is 2.14 bits per heavy atom. The average Bonchev–Trinajstić information content (AvgIpc) is 3.14. The van der Waals surface area contributed by atoms with E-state index in [9.17, 15) is 19.5 Å². The summed E-state index contributed by atoms with van der Waals surface area (Å²) in [5.41, 5.74) is 3.27. The van der Waals surface area contributed by atoms with E-state index in [1.165, 1.54) is 11.8 Å². The van der Waals surface area contributed by atoms with Gasteiger partial charge in [-0.25, -0.2) is 0 Å². The number of nitrogens with zero attached hydrogens (tertiary/aromatic N) is 1. The number of benzene rings is 3. The van der Waals surface area contributed by atoms with E-state index >= 15 is 0 Å². The molecule has 4 rings (SSSR count). The van der Waals surface area contributed by atoms with Crippen molar-refractivity contribution in [2.24, 2.45) is 0 Å². The third-order valence-electron chi connectivity index (χ3n) is 6.11. The van der Waals surface area contributed by atoms with Gasteiger partial charge in [0.1, 0.15) is 11.5 Å². The Hall–Kier alpha value is -4.39. The number of nitrogens with one attached hydrogen (secondary N) is 1. The highest BCUT2D eigenvalue weighted by molar-refractivity contribution is 6.51. The van der Waals surface area contributed by atoms with Crippen molar-refractivity contribution < 1.29 is 24.2 Å². The number of aryl methyl sites for hydroxylation is 1. The summed E-state index contributed by atoms with van der Waals surface area (Å²) in [6.07, 6.45) is 0.837. The zero-order valence-corrected chi connectivity index (χ0v) is 21.3. The number of amides is 2. The molecule has 1 unspecified atom stereocenters. The van der Waals surface area contributed by atoms with Crippen LogP contribution in [0.3, 0.4) is 0 Å². The molecule has 3 aromatic rings. The molecule has 0 saturated carbocycles. The zero-order valence-electron chi connectivity index (χ0n) is 21.3. The molecule has 0 aromatic heterocycles. The van der Waals surface area contributed by atoms with Crippen LogP contribution in [0.25, 0.3) is 5.76 Å². The predicted molar refractivity (Wildman–Crippen MR) is 144 cm³/mol. The van der Waals surface area contributed by atoms with Gasteiger partial charge in [0.2, 0.25) is 5.91 Å². The minimum absolute atomic E-state index is 0.00657. The standard InChI is InChI=1S/C30H30N2O5/c1-5-20-6-8-21(9-7-20)27-26(28(34)22-10-16-25(17-11-22)37-18(2)3)29(35)30(36)32(27)24-14-12-23(13-15-24)31-19(4)33/h6-18,27,34H,5H2,1-4H3,(H,31,33)/b28-26+. The Kier molecular flexibility index (Phi) is 7.43. The molecule has 1 heterocycles. The molecule has 1 fully saturated rings. The number of ether oxygens (including phenoxy) is 1. The monoisotopic (exact) mass is 498 g/mol. The lowest BCUT2D eigenvalue weighted by molar-refractivity contribution is -0.132. The number of rotatable bonds is 7. The first-order valence-corrected chi connectivity index (χ1v) is 12.2. The Labute approximate surface area is 216 Å². The fourth-order valence-electron chi connectivity index (χ4n) is 4.38. The molecule has 0 spiro atoms. The van der Waals surface area contributed by atoms with Gasteiger partial charge in [0, 0.05) is 23.9 Å². The molecule has 0 radical (unpaired) electrons. The van der Waals surface area contributed by atoms with Gasteiger partial charge in [-0.15, -0.1) is 0 Å². The van der Waals surface area contributed by atoms with Crippen LogP contribution in [0.5, 0.6) is 5.75 Å². The number of ketones is 1. The van der Waals surface area contributed by atoms with Gasteiger partial charge in [-0.05, 0) is 79.9 Å². The average molecular weight is 499 g/mol. The van der Waals surface area contributed by atoms with E-state index in [2.05, 4.69) is 5.32 Å². The molecule has 0 bridgehead atoms. The molecule has 0 aliphatic carbocycles. The van der Waals surface area contributed by atoms with Crippen molar-refractivity contribution in [3.05, 3.63) is 95.1 Å². The highest BCUT2D eigenvalue weighted by Crippen LogP contribution is 2.42. The summed E-state index contributed by atoms with van der Waals surface area (Å²) in [4.78, 5) is 39.5. The van der Waals surface area contributed by atoms with E-state index in [1.54, 1.807) is 48.5 Å². The number of hydrogen-bond donors (Lipinski definition) is 2. The van der Waals surface area contributed by atoms with Crippen LogP contribution < -0.4 is 15.0 Å². The highest BCUT2D eigenvalue weighted by Gasteiger charge is 2.46. The summed E-state index contributed by atoms with van der Waals surface area (Å²) in [6, 6.07) is 20.3. The molecule has 1 aliphatic heterocycles. The van der Waals surface area contributed by atoms with Gasteiger partial charge in [-0.3, -0.25) is 19.3 Å². The van der Waals surface area contributed by atoms with Crippen molar-refractivity contribution in [1.82, 2.24) is 0 Å². The quantitative estimate of drug-likeness (QED) is 0.250. The van der Waals surface area contributed by atoms with Crippen LogP contribution >= 0.6 is 0 Å². The fourth-order valence-corrected chi connectivity index (χ4v) is 4.38. The molecular formula is C30H30N2O5. The zero-order chi connectivity index (χ0) is 26.7. The van der Waals surface area contributed by atoms with Crippen molar-refractivity contribution in [2.75, 3.05) is 10.2 Å². The van der Waals surface area contributed by atoms with E-state index in [0.29, 0.717) is 28.3 Å². The second-order valence-corrected chi connectivity index (χ2v) is 9.18. The molecule has 1 atom stereocenters. The van der Waals surface area contributed by atoms with Crippen LogP contribution in [-0.2, 0) is 20.8 Å². The van der Waals surface area contributed by atoms with Crippen molar-refractivity contribution in [2.45, 2.75) is 46.3 Å². The van der Waals surface area contributed by atoms with Gasteiger partial charge in [0.15, 0.2) is 0 Å². The third-order valence-corrected chi connectivity index (χ3v) is 6.11. The number of carbonyl (C=O) groups is 3. The fraction of sp³-hybridized carbons (Fsp3) is 0.233. The van der Waals surface area contributed by atoms with Gasteiger partial charge < -0.3 is 15.2 Å². The summed E-state index contributed by atoms with van der Waals surface area (Å²) in [5, 5.41) is 14.0. The predicted octanol–water partition coefficient (Wildman–Crippen LogP) is 5.62. The molecule has 7 nitrogen and oxygen atoms in total. The molecule has 37 heavy (non-hydrogen) atoms. The normalized spacial score (nSPS) is 16.8. The first-order chi connectivity index (χ1) is 17.7. The third kappa shape index (κ3) is 5.40. The molecule has 3 aromatic carbocycles. The van der Waals surface area contributed by atoms with Crippen LogP contribution in [0.4, 0.5) is 11.4 Å². The van der Waals surface area contributed by atoms with E-state index in [1.807, 2.05) is 45.0 Å². The van der Waals surface area contributed by atoms with Crippen LogP contribution in [0.2, 0.25) is 0 Å². The van der Waals surface area contributed by atoms with Gasteiger partial charge in [0.05, 0.1) is 17.7 Å². The number of aliphatic hydroxyl groups is 1. The van der Waals surface area contributed by atoms with Crippen molar-refractivity contribution >= 4 is 34.7 Å². The second-order valence-electron chi connectivity index (χ2n) is 9.18. The van der Waals surface area contributed by atoms with E-state index in [-0.39, 0.29) is 23.3 Å². The number of anilines is 2. The van der Waals surface area contributed by atoms with Gasteiger partial charge in [0.25, 0.3) is 11.7 Å². The van der Waals surface area contributed by atoms with E-state index in [4.69, 9.17) is 4.74 Å². The SMILES string of the molecule is CCc1ccc(C2/C(=C(\O)c3ccc(OC(C)C)cc3)C(=O)C(=O)N2c2ccc(NC(C)=O)cc2)cc1. The minimum atomic E-state index is -0.830. The van der Waals surface area contributed by atoms with E-state index in [0.717, 1.165) is 12.0 Å². The van der Waals surface area contributed by atoms with Crippen molar-refractivity contribution in [1.29, 1.82) is 0 Å².